The van der Waals surface area contributed by atoms with E-state index >= 15 is 0 Å². The zero-order chi connectivity index (χ0) is 22.1. The van der Waals surface area contributed by atoms with E-state index in [0.717, 1.165) is 11.3 Å². The second kappa shape index (κ2) is 8.02. The zero-order valence-corrected chi connectivity index (χ0v) is 17.8. The van der Waals surface area contributed by atoms with Crippen LogP contribution >= 0.6 is 0 Å². The van der Waals surface area contributed by atoms with Gasteiger partial charge in [0.25, 0.3) is 11.8 Å². The van der Waals surface area contributed by atoms with Gasteiger partial charge in [0.2, 0.25) is 0 Å². The lowest BCUT2D eigenvalue weighted by molar-refractivity contribution is -0.112. The molecule has 1 aromatic heterocycles. The summed E-state index contributed by atoms with van der Waals surface area (Å²) in [6, 6.07) is 14.4. The van der Waals surface area contributed by atoms with Crippen molar-refractivity contribution in [3.05, 3.63) is 71.0 Å². The number of amides is 2. The van der Waals surface area contributed by atoms with E-state index in [1.807, 2.05) is 44.2 Å². The number of aromatic amines is 1. The maximum Gasteiger partial charge on any atom is 0.258 e. The van der Waals surface area contributed by atoms with Gasteiger partial charge in [0.15, 0.2) is 11.5 Å². The Balaban J connectivity index is 1.84. The van der Waals surface area contributed by atoms with Gasteiger partial charge in [0.1, 0.15) is 0 Å². The van der Waals surface area contributed by atoms with Gasteiger partial charge in [-0.05, 0) is 43.7 Å². The first-order valence-electron chi connectivity index (χ1n) is 9.78. The smallest absolute Gasteiger partial charge is 0.258 e. The number of aromatic nitrogens is 1. The molecule has 2 amide bonds. The van der Waals surface area contributed by atoms with Crippen LogP contribution in [0.1, 0.15) is 22.5 Å². The lowest BCUT2D eigenvalue weighted by Gasteiger charge is -2.14. The fourth-order valence-corrected chi connectivity index (χ4v) is 3.81. The predicted octanol–water partition coefficient (Wildman–Crippen LogP) is 4.15. The molecule has 31 heavy (non-hydrogen) atoms. The number of hydrogen-bond donors (Lipinski definition) is 3. The highest BCUT2D eigenvalue weighted by Gasteiger charge is 2.32. The molecule has 0 atom stereocenters. The molecule has 158 valence electrons. The number of H-pyrrole nitrogens is 1. The SMILES string of the molecule is COc1ccc(NC(=O)/C(=C2\C(=O)Nc3ccccc32)c2[nH]c(C)cc2C)cc1OC. The van der Waals surface area contributed by atoms with E-state index in [0.29, 0.717) is 39.7 Å². The number of nitrogens with one attached hydrogen (secondary N) is 3. The Labute approximate surface area is 180 Å². The van der Waals surface area contributed by atoms with E-state index in [4.69, 9.17) is 9.47 Å². The van der Waals surface area contributed by atoms with Crippen molar-refractivity contribution in [3.63, 3.8) is 0 Å². The maximum atomic E-state index is 13.5. The van der Waals surface area contributed by atoms with Crippen LogP contribution in [0.5, 0.6) is 11.5 Å². The number of carbonyl (C=O) groups excluding carboxylic acids is 2. The lowest BCUT2D eigenvalue weighted by Crippen LogP contribution is -2.18. The fourth-order valence-electron chi connectivity index (χ4n) is 3.81. The van der Waals surface area contributed by atoms with Gasteiger partial charge >= 0.3 is 0 Å². The first kappa shape index (κ1) is 20.3. The number of methoxy groups -OCH3 is 2. The number of rotatable bonds is 5. The molecule has 2 aromatic carbocycles. The summed E-state index contributed by atoms with van der Waals surface area (Å²) in [6.07, 6.45) is 0. The number of carbonyl (C=O) groups is 2. The lowest BCUT2D eigenvalue weighted by atomic mass is 9.96. The summed E-state index contributed by atoms with van der Waals surface area (Å²) >= 11 is 0. The zero-order valence-electron chi connectivity index (χ0n) is 17.8. The number of hydrogen-bond acceptors (Lipinski definition) is 4. The molecule has 4 rings (SSSR count). The van der Waals surface area contributed by atoms with Crippen molar-refractivity contribution in [1.82, 2.24) is 4.98 Å². The minimum Gasteiger partial charge on any atom is -0.493 e. The van der Waals surface area contributed by atoms with Gasteiger partial charge in [0, 0.05) is 28.7 Å². The molecule has 7 nitrogen and oxygen atoms in total. The van der Waals surface area contributed by atoms with Crippen molar-refractivity contribution in [2.75, 3.05) is 24.9 Å². The molecule has 3 aromatic rings. The van der Waals surface area contributed by atoms with Crippen molar-refractivity contribution in [1.29, 1.82) is 0 Å². The minimum atomic E-state index is -0.404. The Bertz CT molecular complexity index is 1220. The number of anilines is 2. The van der Waals surface area contributed by atoms with Crippen LogP contribution in [0.4, 0.5) is 11.4 Å². The summed E-state index contributed by atoms with van der Waals surface area (Å²) < 4.78 is 10.6. The molecule has 0 aliphatic carbocycles. The highest BCUT2D eigenvalue weighted by molar-refractivity contribution is 6.46. The van der Waals surface area contributed by atoms with Crippen molar-refractivity contribution in [2.24, 2.45) is 0 Å². The highest BCUT2D eigenvalue weighted by Crippen LogP contribution is 2.38. The van der Waals surface area contributed by atoms with Gasteiger partial charge in [-0.3, -0.25) is 9.59 Å². The molecule has 0 spiro atoms. The predicted molar refractivity (Wildman–Crippen MR) is 120 cm³/mol. The first-order chi connectivity index (χ1) is 14.9. The Kier molecular flexibility index (Phi) is 5.25. The van der Waals surface area contributed by atoms with Gasteiger partial charge in [-0.2, -0.15) is 0 Å². The fraction of sp³-hybridized carbons (Fsp3) is 0.167. The van der Waals surface area contributed by atoms with E-state index in [2.05, 4.69) is 15.6 Å². The van der Waals surface area contributed by atoms with Crippen molar-refractivity contribution in [2.45, 2.75) is 13.8 Å². The van der Waals surface area contributed by atoms with Gasteiger partial charge in [0.05, 0.1) is 31.1 Å². The maximum absolute atomic E-state index is 13.5. The van der Waals surface area contributed by atoms with E-state index in [-0.39, 0.29) is 11.5 Å². The number of benzene rings is 2. The van der Waals surface area contributed by atoms with Crippen LogP contribution < -0.4 is 20.1 Å². The molecule has 7 heteroatoms. The van der Waals surface area contributed by atoms with Gasteiger partial charge in [-0.1, -0.05) is 18.2 Å². The van der Waals surface area contributed by atoms with Crippen LogP contribution in [0, 0.1) is 13.8 Å². The third-order valence-corrected chi connectivity index (χ3v) is 5.19. The molecule has 0 unspecified atom stereocenters. The van der Waals surface area contributed by atoms with Crippen molar-refractivity contribution >= 4 is 34.3 Å². The highest BCUT2D eigenvalue weighted by atomic mass is 16.5. The topological polar surface area (TPSA) is 92.5 Å². The molecule has 3 N–H and O–H groups in total. The summed E-state index contributed by atoms with van der Waals surface area (Å²) in [5, 5.41) is 5.75. The quantitative estimate of drug-likeness (QED) is 0.544. The van der Waals surface area contributed by atoms with Gasteiger partial charge in [-0.25, -0.2) is 0 Å². The van der Waals surface area contributed by atoms with Crippen LogP contribution in [0.15, 0.2) is 48.5 Å². The van der Waals surface area contributed by atoms with E-state index in [1.54, 1.807) is 25.3 Å². The summed E-state index contributed by atoms with van der Waals surface area (Å²) in [5.74, 6) is 0.328. The Morgan fingerprint density at radius 2 is 1.71 bits per heavy atom. The van der Waals surface area contributed by atoms with Gasteiger partial charge < -0.3 is 25.1 Å². The molecule has 1 aliphatic rings. The van der Waals surface area contributed by atoms with Crippen LogP contribution in [-0.4, -0.2) is 31.0 Å². The number of fused-ring (bicyclic) bond motifs is 1. The molecule has 0 saturated carbocycles. The summed E-state index contributed by atoms with van der Waals surface area (Å²) in [4.78, 5) is 29.7. The summed E-state index contributed by atoms with van der Waals surface area (Å²) in [6.45, 7) is 3.82. The molecule has 0 bridgehead atoms. The second-order valence-corrected chi connectivity index (χ2v) is 7.28. The number of aryl methyl sites for hydroxylation is 2. The Morgan fingerprint density at radius 1 is 0.968 bits per heavy atom. The first-order valence-corrected chi connectivity index (χ1v) is 9.78. The molecule has 1 aliphatic heterocycles. The van der Waals surface area contributed by atoms with Crippen molar-refractivity contribution < 1.29 is 19.1 Å². The number of para-hydroxylation sites is 1. The largest absolute Gasteiger partial charge is 0.493 e. The monoisotopic (exact) mass is 417 g/mol. The third kappa shape index (κ3) is 3.66. The van der Waals surface area contributed by atoms with Crippen LogP contribution in [-0.2, 0) is 9.59 Å². The van der Waals surface area contributed by atoms with E-state index in [1.165, 1.54) is 7.11 Å². The van der Waals surface area contributed by atoms with Crippen LogP contribution in [0.2, 0.25) is 0 Å². The molecule has 0 radical (unpaired) electrons. The average Bonchev–Trinajstić information content (AvgIpc) is 3.26. The van der Waals surface area contributed by atoms with E-state index < -0.39 is 5.91 Å². The van der Waals surface area contributed by atoms with Crippen LogP contribution in [0.25, 0.3) is 11.1 Å². The molecule has 2 heterocycles. The average molecular weight is 417 g/mol. The Hall–Kier alpha value is -4.00. The number of ether oxygens (including phenoxy) is 2. The van der Waals surface area contributed by atoms with Gasteiger partial charge in [-0.15, -0.1) is 0 Å². The molecule has 0 fully saturated rings. The van der Waals surface area contributed by atoms with Crippen molar-refractivity contribution in [3.8, 4) is 11.5 Å². The van der Waals surface area contributed by atoms with Crippen LogP contribution in [0.3, 0.4) is 0 Å². The minimum absolute atomic E-state index is 0.280. The third-order valence-electron chi connectivity index (χ3n) is 5.19. The normalized spacial score (nSPS) is 14.0. The standard InChI is InChI=1S/C24H23N3O4/c1-13-11-14(2)25-22(13)21(20-16-7-5-6-8-17(16)27-23(20)28)24(29)26-15-9-10-18(30-3)19(12-15)31-4/h5-12,25H,1-4H3,(H,26,29)(H,27,28)/b21-20-. The molecular formula is C24H23N3O4. The second-order valence-electron chi connectivity index (χ2n) is 7.28. The summed E-state index contributed by atoms with van der Waals surface area (Å²) in [7, 11) is 3.08. The van der Waals surface area contributed by atoms with E-state index in [9.17, 15) is 9.59 Å². The summed E-state index contributed by atoms with van der Waals surface area (Å²) in [5.41, 5.74) is 4.89. The molecular weight excluding hydrogens is 394 g/mol. The Morgan fingerprint density at radius 3 is 2.39 bits per heavy atom. The molecule has 0 saturated heterocycles.